The first kappa shape index (κ1) is 21.8. The number of rotatable bonds is 17. The van der Waals surface area contributed by atoms with Gasteiger partial charge in [-0.3, -0.25) is 0 Å². The maximum absolute atomic E-state index is 9.19. The molecule has 0 fully saturated rings. The van der Waals surface area contributed by atoms with Gasteiger partial charge >= 0.3 is 0 Å². The lowest BCUT2D eigenvalue weighted by Gasteiger charge is -2.28. The molecule has 0 saturated carbocycles. The van der Waals surface area contributed by atoms with E-state index in [1.165, 1.54) is 70.6 Å². The molecule has 0 saturated heterocycles. The molecule has 0 atom stereocenters. The summed E-state index contributed by atoms with van der Waals surface area (Å²) in [6.07, 6.45) is 15.8. The van der Waals surface area contributed by atoms with Gasteiger partial charge in [-0.25, -0.2) is 0 Å². The first-order valence-electron chi connectivity index (χ1n) is 9.32. The first-order valence-corrected chi connectivity index (χ1v) is 9.32. The van der Waals surface area contributed by atoms with Crippen LogP contribution in [-0.4, -0.2) is 47.2 Å². The third-order valence-electron chi connectivity index (χ3n) is 4.44. The summed E-state index contributed by atoms with van der Waals surface area (Å²) in [6, 6.07) is 0. The minimum absolute atomic E-state index is 0.238. The van der Waals surface area contributed by atoms with E-state index in [1.807, 2.05) is 0 Å². The Balaban J connectivity index is 3.27. The molecule has 0 aromatic carbocycles. The molecular formula is C18H39NO3. The average molecular weight is 318 g/mol. The Morgan fingerprint density at radius 2 is 0.955 bits per heavy atom. The van der Waals surface area contributed by atoms with Crippen molar-refractivity contribution < 1.29 is 15.3 Å². The maximum atomic E-state index is 9.19. The summed E-state index contributed by atoms with van der Waals surface area (Å²) in [5.74, 6) is 0. The second-order valence-corrected chi connectivity index (χ2v) is 6.57. The van der Waals surface area contributed by atoms with Gasteiger partial charge in [0.1, 0.15) is 0 Å². The topological polar surface area (TPSA) is 72.7 Å². The second kappa shape index (κ2) is 15.7. The van der Waals surface area contributed by atoms with E-state index in [1.54, 1.807) is 0 Å². The van der Waals surface area contributed by atoms with Crippen molar-refractivity contribution in [1.29, 1.82) is 0 Å². The quantitative estimate of drug-likeness (QED) is 0.311. The summed E-state index contributed by atoms with van der Waals surface area (Å²) < 4.78 is 0. The number of hydrogen-bond donors (Lipinski definition) is 4. The Labute approximate surface area is 137 Å². The zero-order chi connectivity index (χ0) is 16.5. The molecule has 0 spiro atoms. The van der Waals surface area contributed by atoms with Crippen LogP contribution in [0.4, 0.5) is 0 Å². The zero-order valence-corrected chi connectivity index (χ0v) is 14.7. The second-order valence-electron chi connectivity index (χ2n) is 6.57. The van der Waals surface area contributed by atoms with Crippen LogP contribution in [0.3, 0.4) is 0 Å². The largest absolute Gasteiger partial charge is 0.394 e. The first-order chi connectivity index (χ1) is 10.7. The summed E-state index contributed by atoms with van der Waals surface area (Å²) in [6.45, 7) is 2.28. The maximum Gasteiger partial charge on any atom is 0.0881 e. The van der Waals surface area contributed by atoms with Crippen molar-refractivity contribution in [2.75, 3.05) is 26.4 Å². The fourth-order valence-corrected chi connectivity index (χ4v) is 2.64. The minimum atomic E-state index is -0.919. The molecule has 0 aromatic heterocycles. The van der Waals surface area contributed by atoms with Crippen LogP contribution in [0.5, 0.6) is 0 Å². The molecule has 0 rings (SSSR count). The zero-order valence-electron chi connectivity index (χ0n) is 14.7. The Morgan fingerprint density at radius 1 is 0.591 bits per heavy atom. The lowest BCUT2D eigenvalue weighted by Crippen LogP contribution is -2.55. The van der Waals surface area contributed by atoms with Gasteiger partial charge in [0.2, 0.25) is 0 Å². The molecule has 0 aliphatic rings. The van der Waals surface area contributed by atoms with Crippen molar-refractivity contribution in [3.8, 4) is 0 Å². The Bertz CT molecular complexity index is 212. The molecule has 134 valence electrons. The molecule has 4 heteroatoms. The highest BCUT2D eigenvalue weighted by Crippen LogP contribution is 2.12. The molecule has 0 aromatic rings. The summed E-state index contributed by atoms with van der Waals surface area (Å²) in [7, 11) is 0. The molecule has 0 radical (unpaired) electrons. The lowest BCUT2D eigenvalue weighted by atomic mass is 10.0. The number of hydrogen-bond acceptors (Lipinski definition) is 4. The predicted molar refractivity (Wildman–Crippen MR) is 93.1 cm³/mol. The Hall–Kier alpha value is -0.160. The van der Waals surface area contributed by atoms with Crippen LogP contribution in [0.15, 0.2) is 0 Å². The van der Waals surface area contributed by atoms with Crippen LogP contribution in [0.25, 0.3) is 0 Å². The predicted octanol–water partition coefficient (Wildman–Crippen LogP) is 2.99. The minimum Gasteiger partial charge on any atom is -0.394 e. The van der Waals surface area contributed by atoms with E-state index in [4.69, 9.17) is 0 Å². The van der Waals surface area contributed by atoms with Gasteiger partial charge in [0.05, 0.1) is 25.4 Å². The van der Waals surface area contributed by atoms with E-state index < -0.39 is 5.54 Å². The van der Waals surface area contributed by atoms with Gasteiger partial charge in [-0.05, 0) is 13.0 Å². The van der Waals surface area contributed by atoms with E-state index in [-0.39, 0.29) is 19.8 Å². The van der Waals surface area contributed by atoms with E-state index in [2.05, 4.69) is 12.2 Å². The summed E-state index contributed by atoms with van der Waals surface area (Å²) in [5.41, 5.74) is -0.919. The Morgan fingerprint density at radius 3 is 1.32 bits per heavy atom. The van der Waals surface area contributed by atoms with Crippen molar-refractivity contribution in [2.24, 2.45) is 0 Å². The molecular weight excluding hydrogens is 278 g/mol. The molecule has 0 amide bonds. The normalized spacial score (nSPS) is 12.0. The van der Waals surface area contributed by atoms with E-state index in [0.717, 1.165) is 13.0 Å². The fourth-order valence-electron chi connectivity index (χ4n) is 2.64. The van der Waals surface area contributed by atoms with Crippen LogP contribution in [0.2, 0.25) is 0 Å². The van der Waals surface area contributed by atoms with Crippen LogP contribution < -0.4 is 5.32 Å². The van der Waals surface area contributed by atoms with Crippen molar-refractivity contribution >= 4 is 0 Å². The number of aliphatic hydroxyl groups excluding tert-OH is 3. The van der Waals surface area contributed by atoms with Gasteiger partial charge in [0.25, 0.3) is 0 Å². The lowest BCUT2D eigenvalue weighted by molar-refractivity contribution is 0.0425. The fraction of sp³-hybridized carbons (Fsp3) is 1.00. The highest BCUT2D eigenvalue weighted by atomic mass is 16.3. The van der Waals surface area contributed by atoms with Crippen molar-refractivity contribution in [3.05, 3.63) is 0 Å². The number of unbranched alkanes of at least 4 members (excludes halogenated alkanes) is 11. The van der Waals surface area contributed by atoms with Gasteiger partial charge in [-0.2, -0.15) is 0 Å². The smallest absolute Gasteiger partial charge is 0.0881 e. The van der Waals surface area contributed by atoms with Crippen LogP contribution in [0.1, 0.15) is 84.0 Å². The standard InChI is InChI=1S/C18H39NO3/c1-2-3-4-5-6-7-8-9-10-11-12-13-14-19-18(15-20,16-21)17-22/h19-22H,2-17H2,1H3. The van der Waals surface area contributed by atoms with Gasteiger partial charge < -0.3 is 20.6 Å². The summed E-state index contributed by atoms with van der Waals surface area (Å²) >= 11 is 0. The molecule has 0 bridgehead atoms. The molecule has 4 nitrogen and oxygen atoms in total. The van der Waals surface area contributed by atoms with E-state index in [0.29, 0.717) is 0 Å². The summed E-state index contributed by atoms with van der Waals surface area (Å²) in [5, 5.41) is 30.6. The highest BCUT2D eigenvalue weighted by molar-refractivity contribution is 4.85. The third-order valence-corrected chi connectivity index (χ3v) is 4.44. The van der Waals surface area contributed by atoms with Gasteiger partial charge in [-0.1, -0.05) is 77.6 Å². The number of nitrogens with one attached hydrogen (secondary N) is 1. The van der Waals surface area contributed by atoms with Crippen molar-refractivity contribution in [2.45, 2.75) is 89.5 Å². The van der Waals surface area contributed by atoms with E-state index >= 15 is 0 Å². The average Bonchev–Trinajstić information content (AvgIpc) is 2.56. The summed E-state index contributed by atoms with van der Waals surface area (Å²) in [4.78, 5) is 0. The van der Waals surface area contributed by atoms with Gasteiger partial charge in [0.15, 0.2) is 0 Å². The third kappa shape index (κ3) is 11.4. The van der Waals surface area contributed by atoms with Gasteiger partial charge in [0, 0.05) is 0 Å². The molecule has 0 aliphatic carbocycles. The molecule has 22 heavy (non-hydrogen) atoms. The SMILES string of the molecule is CCCCCCCCCCCCCCNC(CO)(CO)CO. The monoisotopic (exact) mass is 317 g/mol. The Kier molecular flexibility index (Phi) is 15.6. The van der Waals surface area contributed by atoms with Crippen LogP contribution in [-0.2, 0) is 0 Å². The van der Waals surface area contributed by atoms with Crippen LogP contribution in [0, 0.1) is 0 Å². The molecule has 0 unspecified atom stereocenters. The molecule has 0 heterocycles. The molecule has 4 N–H and O–H groups in total. The number of aliphatic hydroxyl groups is 3. The van der Waals surface area contributed by atoms with Crippen molar-refractivity contribution in [1.82, 2.24) is 5.32 Å². The highest BCUT2D eigenvalue weighted by Gasteiger charge is 2.26. The van der Waals surface area contributed by atoms with Crippen molar-refractivity contribution in [3.63, 3.8) is 0 Å². The van der Waals surface area contributed by atoms with Gasteiger partial charge in [-0.15, -0.1) is 0 Å². The van der Waals surface area contributed by atoms with E-state index in [9.17, 15) is 15.3 Å². The molecule has 0 aliphatic heterocycles. The van der Waals surface area contributed by atoms with Crippen LogP contribution >= 0.6 is 0 Å².